The van der Waals surface area contributed by atoms with Crippen molar-refractivity contribution in [2.24, 2.45) is 0 Å². The SMILES string of the molecule is CCc1nc2ccccc2n1-c1ccc(-n2c3ccccc3c3c4c5ccccc5oc4c4c(c5ccccc5n4-c4ccccc4)c32)cc1. The molecule has 0 unspecified atom stereocenters. The number of hydrogen-bond donors (Lipinski definition) is 0. The van der Waals surface area contributed by atoms with Crippen LogP contribution in [-0.2, 0) is 6.42 Å². The van der Waals surface area contributed by atoms with E-state index < -0.39 is 0 Å². The van der Waals surface area contributed by atoms with Gasteiger partial charge in [0.1, 0.15) is 11.4 Å². The van der Waals surface area contributed by atoms with Crippen LogP contribution in [0.2, 0.25) is 0 Å². The van der Waals surface area contributed by atoms with E-state index in [0.29, 0.717) is 0 Å². The number of imidazole rings is 1. The number of benzene rings is 7. The minimum absolute atomic E-state index is 0.849. The molecule has 0 saturated heterocycles. The van der Waals surface area contributed by atoms with Crippen LogP contribution in [0.3, 0.4) is 0 Å². The van der Waals surface area contributed by atoms with Gasteiger partial charge in [-0.15, -0.1) is 0 Å². The largest absolute Gasteiger partial charge is 0.454 e. The van der Waals surface area contributed by atoms with E-state index in [1.807, 2.05) is 0 Å². The molecule has 236 valence electrons. The second-order valence-corrected chi connectivity index (χ2v) is 13.0. The second-order valence-electron chi connectivity index (χ2n) is 13.0. The molecule has 7 aromatic carbocycles. The summed E-state index contributed by atoms with van der Waals surface area (Å²) in [7, 11) is 0. The maximum atomic E-state index is 6.90. The fourth-order valence-corrected chi connectivity index (χ4v) is 8.35. The molecule has 0 aliphatic carbocycles. The molecule has 11 aromatic rings. The highest BCUT2D eigenvalue weighted by Gasteiger charge is 2.27. The molecule has 4 aromatic heterocycles. The van der Waals surface area contributed by atoms with Crippen molar-refractivity contribution in [3.05, 3.63) is 157 Å². The molecular weight excluding hydrogens is 613 g/mol. The van der Waals surface area contributed by atoms with Gasteiger partial charge in [-0.05, 0) is 66.7 Å². The van der Waals surface area contributed by atoms with E-state index in [9.17, 15) is 0 Å². The minimum atomic E-state index is 0.849. The third kappa shape index (κ3) is 3.58. The van der Waals surface area contributed by atoms with E-state index in [1.165, 1.54) is 27.1 Å². The van der Waals surface area contributed by atoms with Gasteiger partial charge in [-0.25, -0.2) is 4.98 Å². The summed E-state index contributed by atoms with van der Waals surface area (Å²) < 4.78 is 14.0. The van der Waals surface area contributed by atoms with Gasteiger partial charge in [0.25, 0.3) is 0 Å². The Hall–Kier alpha value is -6.59. The predicted molar refractivity (Wildman–Crippen MR) is 206 cm³/mol. The Balaban J connectivity index is 1.32. The number of furan rings is 1. The summed E-state index contributed by atoms with van der Waals surface area (Å²) in [5, 5.41) is 7.05. The van der Waals surface area contributed by atoms with Gasteiger partial charge >= 0.3 is 0 Å². The van der Waals surface area contributed by atoms with Gasteiger partial charge in [-0.3, -0.25) is 4.57 Å². The van der Waals surface area contributed by atoms with Gasteiger partial charge in [0.2, 0.25) is 0 Å². The van der Waals surface area contributed by atoms with Crippen LogP contribution in [0.15, 0.2) is 156 Å². The van der Waals surface area contributed by atoms with Crippen molar-refractivity contribution in [2.45, 2.75) is 13.3 Å². The maximum Gasteiger partial charge on any atom is 0.160 e. The average Bonchev–Trinajstić information content (AvgIpc) is 3.93. The quantitative estimate of drug-likeness (QED) is 0.192. The highest BCUT2D eigenvalue weighted by atomic mass is 16.3. The van der Waals surface area contributed by atoms with E-state index in [4.69, 9.17) is 9.40 Å². The van der Waals surface area contributed by atoms with Gasteiger partial charge < -0.3 is 13.6 Å². The second kappa shape index (κ2) is 10.2. The number of aromatic nitrogens is 4. The monoisotopic (exact) mass is 642 g/mol. The summed E-state index contributed by atoms with van der Waals surface area (Å²) in [5.41, 5.74) is 11.8. The van der Waals surface area contributed by atoms with Crippen LogP contribution >= 0.6 is 0 Å². The van der Waals surface area contributed by atoms with Gasteiger partial charge in [-0.2, -0.15) is 0 Å². The van der Waals surface area contributed by atoms with Crippen molar-refractivity contribution in [2.75, 3.05) is 0 Å². The summed E-state index contributed by atoms with van der Waals surface area (Å²) in [5.74, 6) is 1.06. The van der Waals surface area contributed by atoms with Crippen LogP contribution in [0.25, 0.3) is 93.6 Å². The van der Waals surface area contributed by atoms with E-state index in [2.05, 4.69) is 172 Å². The smallest absolute Gasteiger partial charge is 0.160 e. The van der Waals surface area contributed by atoms with Crippen LogP contribution in [0.5, 0.6) is 0 Å². The molecular formula is C45H30N4O. The lowest BCUT2D eigenvalue weighted by Gasteiger charge is -2.13. The predicted octanol–water partition coefficient (Wildman–Crippen LogP) is 11.7. The molecule has 0 aliphatic rings. The molecule has 4 heterocycles. The summed E-state index contributed by atoms with van der Waals surface area (Å²) in [6.45, 7) is 2.17. The maximum absolute atomic E-state index is 6.90. The number of rotatable bonds is 4. The van der Waals surface area contributed by atoms with Crippen LogP contribution in [0.1, 0.15) is 12.7 Å². The highest BCUT2D eigenvalue weighted by Crippen LogP contribution is 2.49. The third-order valence-electron chi connectivity index (χ3n) is 10.4. The number of aryl methyl sites for hydroxylation is 1. The topological polar surface area (TPSA) is 40.8 Å². The Kier molecular flexibility index (Phi) is 5.59. The average molecular weight is 643 g/mol. The lowest BCUT2D eigenvalue weighted by Crippen LogP contribution is -2.01. The van der Waals surface area contributed by atoms with E-state index in [-0.39, 0.29) is 0 Å². The summed E-state index contributed by atoms with van der Waals surface area (Å²) in [4.78, 5) is 4.95. The first-order valence-electron chi connectivity index (χ1n) is 17.2. The lowest BCUT2D eigenvalue weighted by atomic mass is 10.0. The van der Waals surface area contributed by atoms with Crippen molar-refractivity contribution in [3.63, 3.8) is 0 Å². The standard InChI is InChI=1S/C45H30N4O/c1-2-39-46-34-19-9-12-22-37(34)47(39)29-24-26-30(27-25-29)48-35-20-10-6-16-31(35)40-41-33-18-8-13-23-38(33)50-45(41)44-42(43(40)48)32-17-7-11-21-36(32)49(44)28-14-4-3-5-15-28/h3-27H,2H2,1H3. The summed E-state index contributed by atoms with van der Waals surface area (Å²) >= 11 is 0. The van der Waals surface area contributed by atoms with Crippen molar-refractivity contribution < 1.29 is 4.42 Å². The zero-order valence-corrected chi connectivity index (χ0v) is 27.3. The van der Waals surface area contributed by atoms with Crippen molar-refractivity contribution in [1.82, 2.24) is 18.7 Å². The van der Waals surface area contributed by atoms with Crippen molar-refractivity contribution in [1.29, 1.82) is 0 Å². The molecule has 0 spiro atoms. The van der Waals surface area contributed by atoms with E-state index >= 15 is 0 Å². The zero-order chi connectivity index (χ0) is 32.9. The Labute approximate surface area is 286 Å². The fraction of sp³-hybridized carbons (Fsp3) is 0.0444. The lowest BCUT2D eigenvalue weighted by molar-refractivity contribution is 0.671. The van der Waals surface area contributed by atoms with Crippen molar-refractivity contribution in [3.8, 4) is 17.1 Å². The summed E-state index contributed by atoms with van der Waals surface area (Å²) in [6.07, 6.45) is 0.849. The van der Waals surface area contributed by atoms with Crippen molar-refractivity contribution >= 4 is 76.6 Å². The molecule has 0 radical (unpaired) electrons. The molecule has 5 heteroatoms. The molecule has 0 saturated carbocycles. The number of hydrogen-bond acceptors (Lipinski definition) is 2. The minimum Gasteiger partial charge on any atom is -0.454 e. The van der Waals surface area contributed by atoms with E-state index in [0.717, 1.165) is 78.8 Å². The normalized spacial score (nSPS) is 12.2. The first kappa shape index (κ1) is 27.4. The number of nitrogens with zero attached hydrogens (tertiary/aromatic N) is 4. The molecule has 0 aliphatic heterocycles. The Bertz CT molecular complexity index is 3120. The third-order valence-corrected chi connectivity index (χ3v) is 10.4. The van der Waals surface area contributed by atoms with Gasteiger partial charge in [-0.1, -0.05) is 91.9 Å². The van der Waals surface area contributed by atoms with E-state index in [1.54, 1.807) is 0 Å². The van der Waals surface area contributed by atoms with Crippen LogP contribution in [0.4, 0.5) is 0 Å². The van der Waals surface area contributed by atoms with Gasteiger partial charge in [0.05, 0.1) is 33.1 Å². The zero-order valence-electron chi connectivity index (χ0n) is 27.3. The van der Waals surface area contributed by atoms with Gasteiger partial charge in [0.15, 0.2) is 5.58 Å². The Morgan fingerprint density at radius 1 is 0.460 bits per heavy atom. The molecule has 5 nitrogen and oxygen atoms in total. The van der Waals surface area contributed by atoms with Crippen LogP contribution < -0.4 is 0 Å². The molecule has 0 bridgehead atoms. The fourth-order valence-electron chi connectivity index (χ4n) is 8.35. The number of para-hydroxylation sites is 6. The van der Waals surface area contributed by atoms with Gasteiger partial charge in [0, 0.05) is 55.8 Å². The first-order valence-corrected chi connectivity index (χ1v) is 17.2. The molecule has 0 atom stereocenters. The molecule has 0 fully saturated rings. The Morgan fingerprint density at radius 2 is 1.00 bits per heavy atom. The molecule has 11 rings (SSSR count). The van der Waals surface area contributed by atoms with Crippen LogP contribution in [-0.4, -0.2) is 18.7 Å². The molecule has 0 amide bonds. The van der Waals surface area contributed by atoms with Crippen LogP contribution in [0, 0.1) is 0 Å². The summed E-state index contributed by atoms with van der Waals surface area (Å²) in [6, 6.07) is 54.1. The molecule has 50 heavy (non-hydrogen) atoms. The Morgan fingerprint density at radius 3 is 1.72 bits per heavy atom. The first-order chi connectivity index (χ1) is 24.8. The highest BCUT2D eigenvalue weighted by molar-refractivity contribution is 6.39. The molecule has 0 N–H and O–H groups in total. The number of fused-ring (bicyclic) bond motifs is 13.